The van der Waals surface area contributed by atoms with Crippen molar-refractivity contribution in [3.63, 3.8) is 0 Å². The number of rotatable bonds is 3. The van der Waals surface area contributed by atoms with Gasteiger partial charge in [0, 0.05) is 13.1 Å². The number of nitrogens with two attached hydrogens (primary N) is 1. The van der Waals surface area contributed by atoms with Gasteiger partial charge < -0.3 is 15.7 Å². The fraction of sp³-hybridized carbons (Fsp3) is 0.533. The van der Waals surface area contributed by atoms with Gasteiger partial charge in [-0.1, -0.05) is 25.8 Å². The van der Waals surface area contributed by atoms with Crippen LogP contribution in [0.3, 0.4) is 0 Å². The number of nitrogens with zero attached hydrogens (tertiary/aromatic N) is 1. The zero-order valence-electron chi connectivity index (χ0n) is 11.6. The standard InChI is InChI=1S/C15H22N2O2/c1-10-6-3-4-9-13(10)17(2)14-11(15(18)19)7-5-8-12(14)16/h5,7-8,10,13H,3-4,6,9,16H2,1-2H3,(H,18,19). The zero-order valence-corrected chi connectivity index (χ0v) is 11.6. The van der Waals surface area contributed by atoms with Crippen LogP contribution < -0.4 is 10.6 Å². The molecule has 1 aliphatic rings. The highest BCUT2D eigenvalue weighted by Crippen LogP contribution is 2.35. The second-order valence-corrected chi connectivity index (χ2v) is 5.49. The summed E-state index contributed by atoms with van der Waals surface area (Å²) in [6.45, 7) is 2.24. The Morgan fingerprint density at radius 2 is 2.05 bits per heavy atom. The topological polar surface area (TPSA) is 66.6 Å². The van der Waals surface area contributed by atoms with Gasteiger partial charge in [-0.25, -0.2) is 4.79 Å². The molecule has 4 nitrogen and oxygen atoms in total. The van der Waals surface area contributed by atoms with E-state index in [1.807, 2.05) is 7.05 Å². The first kappa shape index (κ1) is 13.7. The maximum atomic E-state index is 11.4. The number of hydrogen-bond acceptors (Lipinski definition) is 3. The van der Waals surface area contributed by atoms with Crippen molar-refractivity contribution in [2.24, 2.45) is 5.92 Å². The minimum Gasteiger partial charge on any atom is -0.478 e. The normalized spacial score (nSPS) is 23.1. The molecule has 0 aliphatic heterocycles. The summed E-state index contributed by atoms with van der Waals surface area (Å²) in [6, 6.07) is 5.46. The van der Waals surface area contributed by atoms with Crippen molar-refractivity contribution in [1.82, 2.24) is 0 Å². The highest BCUT2D eigenvalue weighted by molar-refractivity contribution is 5.98. The van der Waals surface area contributed by atoms with E-state index in [0.29, 0.717) is 28.9 Å². The number of para-hydroxylation sites is 1. The summed E-state index contributed by atoms with van der Waals surface area (Å²) in [5.41, 5.74) is 7.50. The molecule has 0 heterocycles. The quantitative estimate of drug-likeness (QED) is 0.822. The van der Waals surface area contributed by atoms with Crippen LogP contribution in [0.1, 0.15) is 43.0 Å². The van der Waals surface area contributed by atoms with E-state index in [2.05, 4.69) is 11.8 Å². The molecule has 2 rings (SSSR count). The zero-order chi connectivity index (χ0) is 14.0. The molecule has 1 aliphatic carbocycles. The van der Waals surface area contributed by atoms with Crippen LogP contribution in [0, 0.1) is 5.92 Å². The third kappa shape index (κ3) is 2.67. The lowest BCUT2D eigenvalue weighted by molar-refractivity contribution is 0.0697. The predicted octanol–water partition coefficient (Wildman–Crippen LogP) is 2.98. The van der Waals surface area contributed by atoms with Gasteiger partial charge in [0.25, 0.3) is 0 Å². The smallest absolute Gasteiger partial charge is 0.337 e. The van der Waals surface area contributed by atoms with Crippen molar-refractivity contribution in [2.45, 2.75) is 38.6 Å². The predicted molar refractivity (Wildman–Crippen MR) is 77.6 cm³/mol. The summed E-state index contributed by atoms with van der Waals surface area (Å²) < 4.78 is 0. The van der Waals surface area contributed by atoms with E-state index in [1.165, 1.54) is 19.3 Å². The lowest BCUT2D eigenvalue weighted by Crippen LogP contribution is -2.40. The molecule has 104 valence electrons. The first-order chi connectivity index (χ1) is 9.02. The highest BCUT2D eigenvalue weighted by atomic mass is 16.4. The molecule has 0 aromatic heterocycles. The van der Waals surface area contributed by atoms with E-state index >= 15 is 0 Å². The highest BCUT2D eigenvalue weighted by Gasteiger charge is 2.28. The Balaban J connectivity index is 2.37. The van der Waals surface area contributed by atoms with E-state index in [4.69, 9.17) is 5.73 Å². The van der Waals surface area contributed by atoms with Crippen LogP contribution in [0.15, 0.2) is 18.2 Å². The summed E-state index contributed by atoms with van der Waals surface area (Å²) in [4.78, 5) is 13.4. The first-order valence-corrected chi connectivity index (χ1v) is 6.87. The average molecular weight is 262 g/mol. The molecule has 2 unspecified atom stereocenters. The summed E-state index contributed by atoms with van der Waals surface area (Å²) in [5, 5.41) is 9.32. The van der Waals surface area contributed by atoms with E-state index in [1.54, 1.807) is 18.2 Å². The summed E-state index contributed by atoms with van der Waals surface area (Å²) in [5.74, 6) is -0.349. The number of benzene rings is 1. The number of carboxylic acids is 1. The maximum absolute atomic E-state index is 11.4. The monoisotopic (exact) mass is 262 g/mol. The maximum Gasteiger partial charge on any atom is 0.337 e. The van der Waals surface area contributed by atoms with E-state index < -0.39 is 5.97 Å². The van der Waals surface area contributed by atoms with Crippen LogP contribution in [-0.2, 0) is 0 Å². The summed E-state index contributed by atoms with van der Waals surface area (Å²) in [7, 11) is 1.96. The number of aromatic carboxylic acids is 1. The van der Waals surface area contributed by atoms with E-state index in [0.717, 1.165) is 6.42 Å². The summed E-state index contributed by atoms with van der Waals surface area (Å²) >= 11 is 0. The van der Waals surface area contributed by atoms with Gasteiger partial charge in [0.1, 0.15) is 0 Å². The number of carboxylic acid groups (broad SMARTS) is 1. The van der Waals surface area contributed by atoms with Crippen LogP contribution in [0.25, 0.3) is 0 Å². The van der Waals surface area contributed by atoms with Gasteiger partial charge in [-0.15, -0.1) is 0 Å². The molecule has 0 saturated heterocycles. The lowest BCUT2D eigenvalue weighted by atomic mass is 9.84. The van der Waals surface area contributed by atoms with E-state index in [9.17, 15) is 9.90 Å². The van der Waals surface area contributed by atoms with Crippen molar-refractivity contribution in [3.8, 4) is 0 Å². The molecular formula is C15H22N2O2. The largest absolute Gasteiger partial charge is 0.478 e. The lowest BCUT2D eigenvalue weighted by Gasteiger charge is -2.38. The van der Waals surface area contributed by atoms with Crippen molar-refractivity contribution in [3.05, 3.63) is 23.8 Å². The molecular weight excluding hydrogens is 240 g/mol. The van der Waals surface area contributed by atoms with Crippen LogP contribution in [0.5, 0.6) is 0 Å². The van der Waals surface area contributed by atoms with Gasteiger partial charge in [-0.3, -0.25) is 0 Å². The van der Waals surface area contributed by atoms with Gasteiger partial charge in [0.05, 0.1) is 16.9 Å². The minimum atomic E-state index is -0.919. The molecule has 0 spiro atoms. The summed E-state index contributed by atoms with van der Waals surface area (Å²) in [6.07, 6.45) is 4.77. The molecule has 0 radical (unpaired) electrons. The van der Waals surface area contributed by atoms with Crippen LogP contribution >= 0.6 is 0 Å². The Labute approximate surface area is 114 Å². The van der Waals surface area contributed by atoms with Gasteiger partial charge in [0.15, 0.2) is 0 Å². The second-order valence-electron chi connectivity index (χ2n) is 5.49. The van der Waals surface area contributed by atoms with Crippen molar-refractivity contribution >= 4 is 17.3 Å². The van der Waals surface area contributed by atoms with Crippen molar-refractivity contribution < 1.29 is 9.90 Å². The minimum absolute atomic E-state index is 0.292. The third-order valence-electron chi connectivity index (χ3n) is 4.21. The Bertz CT molecular complexity index is 473. The molecule has 1 fully saturated rings. The second kappa shape index (κ2) is 5.51. The van der Waals surface area contributed by atoms with Crippen molar-refractivity contribution in [1.29, 1.82) is 0 Å². The number of hydrogen-bond donors (Lipinski definition) is 2. The molecule has 1 aromatic carbocycles. The van der Waals surface area contributed by atoms with Gasteiger partial charge in [0.2, 0.25) is 0 Å². The molecule has 4 heteroatoms. The van der Waals surface area contributed by atoms with Crippen LogP contribution in [-0.4, -0.2) is 24.2 Å². The first-order valence-electron chi connectivity index (χ1n) is 6.87. The molecule has 19 heavy (non-hydrogen) atoms. The molecule has 1 aromatic rings. The SMILES string of the molecule is CC1CCCCC1N(C)c1c(N)cccc1C(=O)O. The van der Waals surface area contributed by atoms with E-state index in [-0.39, 0.29) is 0 Å². The third-order valence-corrected chi connectivity index (χ3v) is 4.21. The van der Waals surface area contributed by atoms with Gasteiger partial charge >= 0.3 is 5.97 Å². The van der Waals surface area contributed by atoms with Gasteiger partial charge in [-0.05, 0) is 30.9 Å². The average Bonchev–Trinajstić information content (AvgIpc) is 2.38. The number of anilines is 2. The Hall–Kier alpha value is -1.71. The molecule has 0 amide bonds. The fourth-order valence-electron chi connectivity index (χ4n) is 3.17. The molecule has 2 atom stereocenters. The number of nitrogen functional groups attached to an aromatic ring is 1. The molecule has 3 N–H and O–H groups in total. The Morgan fingerprint density at radius 3 is 2.68 bits per heavy atom. The van der Waals surface area contributed by atoms with Gasteiger partial charge in [-0.2, -0.15) is 0 Å². The van der Waals surface area contributed by atoms with Crippen LogP contribution in [0.4, 0.5) is 11.4 Å². The fourth-order valence-corrected chi connectivity index (χ4v) is 3.17. The molecule has 1 saturated carbocycles. The Kier molecular flexibility index (Phi) is 3.98. The molecule has 0 bridgehead atoms. The van der Waals surface area contributed by atoms with Crippen LogP contribution in [0.2, 0.25) is 0 Å². The Morgan fingerprint density at radius 1 is 1.37 bits per heavy atom. The van der Waals surface area contributed by atoms with Crippen molar-refractivity contribution in [2.75, 3.05) is 17.7 Å². The number of carbonyl (C=O) groups is 1.